The van der Waals surface area contributed by atoms with Crippen LogP contribution in [0.1, 0.15) is 35.3 Å². The molecule has 1 aliphatic rings. The Bertz CT molecular complexity index is 700. The minimum absolute atomic E-state index is 0.0637. The second kappa shape index (κ2) is 7.17. The van der Waals surface area contributed by atoms with E-state index in [1.54, 1.807) is 6.20 Å². The molecule has 0 saturated carbocycles. The van der Waals surface area contributed by atoms with Gasteiger partial charge >= 0.3 is 0 Å². The summed E-state index contributed by atoms with van der Waals surface area (Å²) in [5.74, 6) is 1.36. The molecule has 3 heterocycles. The van der Waals surface area contributed by atoms with Gasteiger partial charge in [0.1, 0.15) is 12.4 Å². The third kappa shape index (κ3) is 3.51. The summed E-state index contributed by atoms with van der Waals surface area (Å²) in [4.78, 5) is 33.6. The fraction of sp³-hybridized carbons (Fsp3) is 0.471. The second-order valence-corrected chi connectivity index (χ2v) is 7.17. The van der Waals surface area contributed by atoms with E-state index in [-0.39, 0.29) is 17.7 Å². The van der Waals surface area contributed by atoms with E-state index in [0.717, 1.165) is 10.7 Å². The van der Waals surface area contributed by atoms with Crippen LogP contribution in [-0.2, 0) is 11.3 Å². The van der Waals surface area contributed by atoms with Crippen LogP contribution < -0.4 is 0 Å². The Morgan fingerprint density at radius 1 is 1.21 bits per heavy atom. The van der Waals surface area contributed by atoms with Gasteiger partial charge in [-0.25, -0.2) is 4.98 Å². The molecule has 7 heteroatoms. The number of piperazine rings is 1. The number of hydrogen-bond donors (Lipinski definition) is 0. The van der Waals surface area contributed by atoms with E-state index < -0.39 is 0 Å². The molecule has 0 aliphatic carbocycles. The first-order valence-electron chi connectivity index (χ1n) is 8.18. The summed E-state index contributed by atoms with van der Waals surface area (Å²) in [6.07, 6.45) is 3.59. The molecular weight excluding hydrogens is 324 g/mol. The van der Waals surface area contributed by atoms with Gasteiger partial charge < -0.3 is 14.4 Å². The van der Waals surface area contributed by atoms with E-state index >= 15 is 0 Å². The van der Waals surface area contributed by atoms with Crippen LogP contribution in [0.4, 0.5) is 0 Å². The predicted octanol–water partition coefficient (Wildman–Crippen LogP) is 2.05. The Labute approximate surface area is 145 Å². The van der Waals surface area contributed by atoms with Crippen molar-refractivity contribution >= 4 is 23.2 Å². The number of rotatable bonds is 4. The summed E-state index contributed by atoms with van der Waals surface area (Å²) in [6, 6.07) is 3.73. The number of thiophene rings is 1. The fourth-order valence-corrected chi connectivity index (χ4v) is 3.61. The summed E-state index contributed by atoms with van der Waals surface area (Å²) >= 11 is 1.46. The maximum absolute atomic E-state index is 12.5. The molecule has 0 N–H and O–H groups in total. The van der Waals surface area contributed by atoms with Crippen molar-refractivity contribution < 1.29 is 9.59 Å². The molecule has 0 aromatic carbocycles. The largest absolute Gasteiger partial charge is 0.338 e. The highest BCUT2D eigenvalue weighted by atomic mass is 32.1. The molecule has 24 heavy (non-hydrogen) atoms. The first-order chi connectivity index (χ1) is 11.6. The standard InChI is InChI=1S/C17H22N4O2S/c1-13(2)16-18-5-6-21(16)12-15(22)19-7-9-20(10-8-19)17(23)14-4-3-11-24-14/h3-6,11,13H,7-10,12H2,1-2H3. The van der Waals surface area contributed by atoms with Crippen LogP contribution in [-0.4, -0.2) is 57.3 Å². The van der Waals surface area contributed by atoms with E-state index in [1.165, 1.54) is 11.3 Å². The van der Waals surface area contributed by atoms with Crippen LogP contribution in [0.3, 0.4) is 0 Å². The van der Waals surface area contributed by atoms with Crippen molar-refractivity contribution in [2.45, 2.75) is 26.3 Å². The molecule has 2 amide bonds. The lowest BCUT2D eigenvalue weighted by molar-refractivity contribution is -0.133. The number of carbonyl (C=O) groups excluding carboxylic acids is 2. The molecule has 2 aromatic rings. The maximum Gasteiger partial charge on any atom is 0.264 e. The summed E-state index contributed by atoms with van der Waals surface area (Å²) in [5.41, 5.74) is 0. The van der Waals surface area contributed by atoms with E-state index in [2.05, 4.69) is 18.8 Å². The van der Waals surface area contributed by atoms with Crippen LogP contribution in [0.15, 0.2) is 29.9 Å². The van der Waals surface area contributed by atoms with E-state index in [4.69, 9.17) is 0 Å². The SMILES string of the molecule is CC(C)c1nccn1CC(=O)N1CCN(C(=O)c2cccs2)CC1. The lowest BCUT2D eigenvalue weighted by Gasteiger charge is -2.34. The normalized spacial score (nSPS) is 15.1. The van der Waals surface area contributed by atoms with Crippen molar-refractivity contribution in [2.75, 3.05) is 26.2 Å². The van der Waals surface area contributed by atoms with Gasteiger partial charge in [0.25, 0.3) is 5.91 Å². The number of aromatic nitrogens is 2. The van der Waals surface area contributed by atoms with Gasteiger partial charge in [-0.15, -0.1) is 11.3 Å². The van der Waals surface area contributed by atoms with Crippen LogP contribution in [0, 0.1) is 0 Å². The molecule has 0 spiro atoms. The number of hydrogen-bond acceptors (Lipinski definition) is 4. The molecule has 3 rings (SSSR count). The van der Waals surface area contributed by atoms with Gasteiger partial charge in [0, 0.05) is 44.5 Å². The molecule has 6 nitrogen and oxygen atoms in total. The third-order valence-electron chi connectivity index (χ3n) is 4.22. The summed E-state index contributed by atoms with van der Waals surface area (Å²) in [5, 5.41) is 1.91. The topological polar surface area (TPSA) is 58.4 Å². The van der Waals surface area contributed by atoms with Gasteiger partial charge in [-0.1, -0.05) is 19.9 Å². The maximum atomic E-state index is 12.5. The van der Waals surface area contributed by atoms with E-state index in [9.17, 15) is 9.59 Å². The lowest BCUT2D eigenvalue weighted by atomic mass is 10.2. The summed E-state index contributed by atoms with van der Waals surface area (Å²) < 4.78 is 1.91. The molecule has 0 atom stereocenters. The Hall–Kier alpha value is -2.15. The fourth-order valence-electron chi connectivity index (χ4n) is 2.92. The molecule has 0 bridgehead atoms. The van der Waals surface area contributed by atoms with E-state index in [0.29, 0.717) is 32.7 Å². The van der Waals surface area contributed by atoms with Crippen molar-refractivity contribution in [1.82, 2.24) is 19.4 Å². The Balaban J connectivity index is 1.55. The van der Waals surface area contributed by atoms with E-state index in [1.807, 2.05) is 38.1 Å². The zero-order chi connectivity index (χ0) is 17.1. The van der Waals surface area contributed by atoms with Gasteiger partial charge in [0.15, 0.2) is 0 Å². The van der Waals surface area contributed by atoms with Crippen molar-refractivity contribution in [2.24, 2.45) is 0 Å². The predicted molar refractivity (Wildman–Crippen MR) is 93.1 cm³/mol. The second-order valence-electron chi connectivity index (χ2n) is 6.22. The van der Waals surface area contributed by atoms with Crippen molar-refractivity contribution in [3.63, 3.8) is 0 Å². The molecule has 2 aromatic heterocycles. The molecule has 128 valence electrons. The van der Waals surface area contributed by atoms with Crippen molar-refractivity contribution in [3.05, 3.63) is 40.6 Å². The third-order valence-corrected chi connectivity index (χ3v) is 5.08. The molecule has 0 radical (unpaired) electrons. The highest BCUT2D eigenvalue weighted by Crippen LogP contribution is 2.15. The number of nitrogens with zero attached hydrogens (tertiary/aromatic N) is 4. The summed E-state index contributed by atoms with van der Waals surface area (Å²) in [7, 11) is 0. The average molecular weight is 346 g/mol. The first kappa shape index (κ1) is 16.7. The lowest BCUT2D eigenvalue weighted by Crippen LogP contribution is -2.51. The van der Waals surface area contributed by atoms with Crippen LogP contribution in [0.25, 0.3) is 0 Å². The Kier molecular flexibility index (Phi) is 4.99. The molecule has 1 fully saturated rings. The zero-order valence-corrected chi connectivity index (χ0v) is 14.8. The first-order valence-corrected chi connectivity index (χ1v) is 9.06. The minimum Gasteiger partial charge on any atom is -0.338 e. The molecular formula is C17H22N4O2S. The van der Waals surface area contributed by atoms with Crippen molar-refractivity contribution in [1.29, 1.82) is 0 Å². The highest BCUT2D eigenvalue weighted by Gasteiger charge is 2.25. The number of carbonyl (C=O) groups is 2. The minimum atomic E-state index is 0.0637. The van der Waals surface area contributed by atoms with Crippen molar-refractivity contribution in [3.8, 4) is 0 Å². The Morgan fingerprint density at radius 2 is 1.92 bits per heavy atom. The smallest absolute Gasteiger partial charge is 0.264 e. The number of amides is 2. The van der Waals surface area contributed by atoms with Gasteiger partial charge in [-0.2, -0.15) is 0 Å². The van der Waals surface area contributed by atoms with Gasteiger partial charge in [0.2, 0.25) is 5.91 Å². The molecule has 0 unspecified atom stereocenters. The quantitative estimate of drug-likeness (QED) is 0.851. The Morgan fingerprint density at radius 3 is 2.54 bits per heavy atom. The van der Waals surface area contributed by atoms with Crippen LogP contribution in [0.5, 0.6) is 0 Å². The average Bonchev–Trinajstić information content (AvgIpc) is 3.26. The van der Waals surface area contributed by atoms with Gasteiger partial charge in [0.05, 0.1) is 4.88 Å². The highest BCUT2D eigenvalue weighted by molar-refractivity contribution is 7.12. The summed E-state index contributed by atoms with van der Waals surface area (Å²) in [6.45, 7) is 6.79. The monoisotopic (exact) mass is 346 g/mol. The van der Waals surface area contributed by atoms with Crippen LogP contribution in [0.2, 0.25) is 0 Å². The molecule has 1 aliphatic heterocycles. The number of imidazole rings is 1. The zero-order valence-electron chi connectivity index (χ0n) is 14.0. The van der Waals surface area contributed by atoms with Gasteiger partial charge in [-0.3, -0.25) is 9.59 Å². The van der Waals surface area contributed by atoms with Crippen LogP contribution >= 0.6 is 11.3 Å². The van der Waals surface area contributed by atoms with Gasteiger partial charge in [-0.05, 0) is 11.4 Å². The molecule has 1 saturated heterocycles.